The highest BCUT2D eigenvalue weighted by molar-refractivity contribution is 6.30. The summed E-state index contributed by atoms with van der Waals surface area (Å²) in [5.74, 6) is 2.21. The van der Waals surface area contributed by atoms with Gasteiger partial charge in [0.15, 0.2) is 22.9 Å². The molecule has 0 N–H and O–H groups in total. The highest BCUT2D eigenvalue weighted by Crippen LogP contribution is 2.26. The lowest BCUT2D eigenvalue weighted by Gasteiger charge is -2.36. The molecule has 0 bridgehead atoms. The second-order valence-corrected chi connectivity index (χ2v) is 7.16. The topological polar surface area (TPSA) is 47.1 Å². The summed E-state index contributed by atoms with van der Waals surface area (Å²) in [6.45, 7) is 5.09. The minimum atomic E-state index is 0.404. The Labute approximate surface area is 170 Å². The molecule has 7 heteroatoms. The molecule has 1 fully saturated rings. The number of allylic oxidation sites excluding steroid dienone is 4. The Bertz CT molecular complexity index is 811. The van der Waals surface area contributed by atoms with Gasteiger partial charge in [0.1, 0.15) is 12.9 Å². The van der Waals surface area contributed by atoms with Gasteiger partial charge in [-0.2, -0.15) is 0 Å². The van der Waals surface area contributed by atoms with Crippen molar-refractivity contribution in [2.45, 2.75) is 12.8 Å². The van der Waals surface area contributed by atoms with Gasteiger partial charge in [-0.05, 0) is 30.5 Å². The highest BCUT2D eigenvalue weighted by atomic mass is 35.5. The molecule has 0 saturated carbocycles. The van der Waals surface area contributed by atoms with Crippen LogP contribution >= 0.6 is 11.6 Å². The number of aromatic nitrogens is 1. The molecule has 1 aromatic rings. The molecule has 0 radical (unpaired) electrons. The van der Waals surface area contributed by atoms with E-state index in [1.807, 2.05) is 12.1 Å². The van der Waals surface area contributed by atoms with Crippen LogP contribution in [0.3, 0.4) is 0 Å². The molecule has 1 saturated heterocycles. The number of nitrogens with zero attached hydrogens (tertiary/aromatic N) is 3. The van der Waals surface area contributed by atoms with E-state index in [9.17, 15) is 0 Å². The van der Waals surface area contributed by atoms with Crippen LogP contribution in [0.15, 0.2) is 66.3 Å². The van der Waals surface area contributed by atoms with Crippen molar-refractivity contribution in [2.24, 2.45) is 0 Å². The molecule has 0 atom stereocenters. The summed E-state index contributed by atoms with van der Waals surface area (Å²) >= 11 is 6.01. The van der Waals surface area contributed by atoms with E-state index in [0.29, 0.717) is 17.5 Å². The van der Waals surface area contributed by atoms with Gasteiger partial charge in [-0.25, -0.2) is 4.98 Å². The summed E-state index contributed by atoms with van der Waals surface area (Å²) < 4.78 is 17.4. The van der Waals surface area contributed by atoms with E-state index in [1.165, 1.54) is 5.57 Å². The maximum absolute atomic E-state index is 6.01. The van der Waals surface area contributed by atoms with Crippen molar-refractivity contribution in [3.8, 4) is 5.75 Å². The first-order valence-corrected chi connectivity index (χ1v) is 9.98. The molecule has 1 aromatic heterocycles. The minimum Gasteiger partial charge on any atom is -0.489 e. The summed E-state index contributed by atoms with van der Waals surface area (Å²) in [7, 11) is 0. The zero-order valence-electron chi connectivity index (χ0n) is 15.7. The molecule has 1 aliphatic carbocycles. The molecular formula is C21H24ClN3O3. The molecule has 2 aliphatic heterocycles. The van der Waals surface area contributed by atoms with Crippen LogP contribution in [0.4, 0.5) is 0 Å². The molecule has 3 aliphatic rings. The molecule has 28 heavy (non-hydrogen) atoms. The third-order valence-electron chi connectivity index (χ3n) is 4.98. The van der Waals surface area contributed by atoms with Crippen LogP contribution in [0.1, 0.15) is 12.8 Å². The van der Waals surface area contributed by atoms with Crippen LogP contribution in [0.5, 0.6) is 5.75 Å². The number of piperazine rings is 1. The Morgan fingerprint density at radius 2 is 2.04 bits per heavy atom. The average Bonchev–Trinajstić information content (AvgIpc) is 2.76. The molecule has 0 spiro atoms. The lowest BCUT2D eigenvalue weighted by molar-refractivity contribution is 0.0784. The van der Waals surface area contributed by atoms with Crippen molar-refractivity contribution >= 4 is 11.6 Å². The summed E-state index contributed by atoms with van der Waals surface area (Å²) in [5, 5.41) is 0.404. The molecule has 0 unspecified atom stereocenters. The van der Waals surface area contributed by atoms with E-state index in [-0.39, 0.29) is 0 Å². The van der Waals surface area contributed by atoms with Gasteiger partial charge in [-0.3, -0.25) is 4.90 Å². The average molecular weight is 402 g/mol. The minimum absolute atomic E-state index is 0.404. The van der Waals surface area contributed by atoms with Gasteiger partial charge in [0, 0.05) is 38.9 Å². The lowest BCUT2D eigenvalue weighted by Crippen LogP contribution is -2.47. The van der Waals surface area contributed by atoms with Crippen LogP contribution in [-0.2, 0) is 9.47 Å². The van der Waals surface area contributed by atoms with Crippen molar-refractivity contribution in [3.05, 3.63) is 71.5 Å². The number of ether oxygens (including phenoxy) is 3. The van der Waals surface area contributed by atoms with Crippen LogP contribution in [0.25, 0.3) is 0 Å². The van der Waals surface area contributed by atoms with Crippen molar-refractivity contribution in [1.82, 2.24) is 14.8 Å². The number of halogens is 1. The van der Waals surface area contributed by atoms with E-state index in [1.54, 1.807) is 18.7 Å². The third kappa shape index (κ3) is 4.69. The predicted molar refractivity (Wildman–Crippen MR) is 108 cm³/mol. The molecule has 3 heterocycles. The first-order valence-electron chi connectivity index (χ1n) is 9.60. The smallest absolute Gasteiger partial charge is 0.231 e. The summed E-state index contributed by atoms with van der Waals surface area (Å²) in [6, 6.07) is 3.66. The standard InChI is InChI=1S/C21H24ClN3O3/c22-21-18(7-4-8-23-21)26-14-13-24-9-11-25(12-10-24)20-16-27-19(15-28-20)17-5-2-1-3-6-17/h1-2,4-5,7-8,15-16H,3,6,9-14H2. The number of pyridine rings is 1. The summed E-state index contributed by atoms with van der Waals surface area (Å²) in [5.41, 5.74) is 1.18. The lowest BCUT2D eigenvalue weighted by atomic mass is 10.0. The molecule has 6 nitrogen and oxygen atoms in total. The third-order valence-corrected chi connectivity index (χ3v) is 5.26. The quantitative estimate of drug-likeness (QED) is 0.677. The fourth-order valence-electron chi connectivity index (χ4n) is 3.35. The first kappa shape index (κ1) is 18.9. The van der Waals surface area contributed by atoms with E-state index in [0.717, 1.165) is 57.2 Å². The number of rotatable bonds is 6. The van der Waals surface area contributed by atoms with Crippen LogP contribution < -0.4 is 4.74 Å². The van der Waals surface area contributed by atoms with Gasteiger partial charge in [-0.1, -0.05) is 29.8 Å². The second kappa shape index (κ2) is 9.17. The van der Waals surface area contributed by atoms with Gasteiger partial charge in [0.05, 0.1) is 0 Å². The molecule has 148 valence electrons. The van der Waals surface area contributed by atoms with Crippen molar-refractivity contribution in [2.75, 3.05) is 39.3 Å². The largest absolute Gasteiger partial charge is 0.489 e. The van der Waals surface area contributed by atoms with Crippen LogP contribution in [0, 0.1) is 0 Å². The van der Waals surface area contributed by atoms with Crippen molar-refractivity contribution in [1.29, 1.82) is 0 Å². The zero-order chi connectivity index (χ0) is 19.2. The Morgan fingerprint density at radius 3 is 2.75 bits per heavy atom. The highest BCUT2D eigenvalue weighted by Gasteiger charge is 2.22. The van der Waals surface area contributed by atoms with Crippen LogP contribution in [-0.4, -0.2) is 54.1 Å². The first-order chi connectivity index (χ1) is 13.8. The summed E-state index contributed by atoms with van der Waals surface area (Å²) in [6.07, 6.45) is 13.4. The van der Waals surface area contributed by atoms with E-state index >= 15 is 0 Å². The van der Waals surface area contributed by atoms with Crippen molar-refractivity contribution in [3.63, 3.8) is 0 Å². The van der Waals surface area contributed by atoms with Gasteiger partial charge in [-0.15, -0.1) is 0 Å². The SMILES string of the molecule is Clc1ncccc1OCCN1CCN(C2=COC(C3=CC=CCC3)=CO2)CC1. The number of hydrogen-bond acceptors (Lipinski definition) is 6. The molecular weight excluding hydrogens is 378 g/mol. The maximum atomic E-state index is 6.01. The fourth-order valence-corrected chi connectivity index (χ4v) is 3.52. The fraction of sp³-hybridized carbons (Fsp3) is 0.381. The predicted octanol–water partition coefficient (Wildman–Crippen LogP) is 3.69. The second-order valence-electron chi connectivity index (χ2n) is 6.80. The zero-order valence-corrected chi connectivity index (χ0v) is 16.5. The number of hydrogen-bond donors (Lipinski definition) is 0. The van der Waals surface area contributed by atoms with Gasteiger partial charge in [0.25, 0.3) is 0 Å². The molecule has 0 aromatic carbocycles. The van der Waals surface area contributed by atoms with Gasteiger partial charge >= 0.3 is 0 Å². The Kier molecular flexibility index (Phi) is 6.19. The maximum Gasteiger partial charge on any atom is 0.231 e. The molecule has 4 rings (SSSR count). The normalized spacial score (nSPS) is 19.9. The monoisotopic (exact) mass is 401 g/mol. The summed E-state index contributed by atoms with van der Waals surface area (Å²) in [4.78, 5) is 8.59. The Morgan fingerprint density at radius 1 is 1.14 bits per heavy atom. The molecule has 0 amide bonds. The Balaban J connectivity index is 1.19. The van der Waals surface area contributed by atoms with E-state index in [2.05, 4.69) is 33.0 Å². The van der Waals surface area contributed by atoms with Gasteiger partial charge in [0.2, 0.25) is 5.88 Å². The van der Waals surface area contributed by atoms with Crippen molar-refractivity contribution < 1.29 is 14.2 Å². The van der Waals surface area contributed by atoms with Gasteiger partial charge < -0.3 is 19.1 Å². The van der Waals surface area contributed by atoms with Crippen LogP contribution in [0.2, 0.25) is 5.15 Å². The van der Waals surface area contributed by atoms with E-state index in [4.69, 9.17) is 25.8 Å². The Hall–Kier alpha value is -2.44. The van der Waals surface area contributed by atoms with E-state index < -0.39 is 0 Å².